The Labute approximate surface area is 78.8 Å². The van der Waals surface area contributed by atoms with Crippen LogP contribution in [-0.2, 0) is 4.79 Å². The molecule has 0 aromatic rings. The maximum absolute atomic E-state index is 11.5. The molecule has 0 amide bonds. The van der Waals surface area contributed by atoms with Crippen molar-refractivity contribution in [2.45, 2.75) is 26.2 Å². The molecule has 0 aromatic carbocycles. The second-order valence-corrected chi connectivity index (χ2v) is 3.72. The zero-order chi connectivity index (χ0) is 9.26. The van der Waals surface area contributed by atoms with Gasteiger partial charge in [-0.2, -0.15) is 0 Å². The van der Waals surface area contributed by atoms with Crippen LogP contribution in [0, 0.1) is 5.92 Å². The highest BCUT2D eigenvalue weighted by molar-refractivity contribution is 5.98. The van der Waals surface area contributed by atoms with Gasteiger partial charge in [0.1, 0.15) is 0 Å². The van der Waals surface area contributed by atoms with Crippen LogP contribution in [0.1, 0.15) is 26.2 Å². The van der Waals surface area contributed by atoms with E-state index in [1.807, 2.05) is 13.0 Å². The summed E-state index contributed by atoms with van der Waals surface area (Å²) in [6.45, 7) is 1.96. The fourth-order valence-electron chi connectivity index (χ4n) is 2.11. The Kier molecular flexibility index (Phi) is 2.17. The molecule has 68 valence electrons. The van der Waals surface area contributed by atoms with Crippen molar-refractivity contribution in [1.82, 2.24) is 0 Å². The van der Waals surface area contributed by atoms with E-state index in [2.05, 4.69) is 18.2 Å². The molecule has 1 saturated carbocycles. The molecule has 0 bridgehead atoms. The number of ketones is 1. The first-order valence-corrected chi connectivity index (χ1v) is 4.85. The Bertz CT molecular complexity index is 318. The van der Waals surface area contributed by atoms with E-state index in [0.29, 0.717) is 11.7 Å². The molecular weight excluding hydrogens is 160 g/mol. The molecule has 0 radical (unpaired) electrons. The minimum absolute atomic E-state index is 0.348. The van der Waals surface area contributed by atoms with Gasteiger partial charge in [0.05, 0.1) is 0 Å². The van der Waals surface area contributed by atoms with Gasteiger partial charge in [0.2, 0.25) is 0 Å². The molecule has 13 heavy (non-hydrogen) atoms. The number of carbonyl (C=O) groups is 1. The molecular formula is C12H14O. The average Bonchev–Trinajstić information content (AvgIpc) is 2.71. The normalized spacial score (nSPS) is 30.2. The maximum atomic E-state index is 11.5. The molecule has 1 nitrogen and oxygen atoms in total. The summed E-state index contributed by atoms with van der Waals surface area (Å²) in [5.74, 6) is 0.842. The third-order valence-corrected chi connectivity index (χ3v) is 2.93. The lowest BCUT2D eigenvalue weighted by atomic mass is 9.96. The van der Waals surface area contributed by atoms with Crippen molar-refractivity contribution in [3.05, 3.63) is 35.5 Å². The number of allylic oxidation sites excluding steroid dienone is 6. The third-order valence-electron chi connectivity index (χ3n) is 2.93. The zero-order valence-electron chi connectivity index (χ0n) is 7.92. The summed E-state index contributed by atoms with van der Waals surface area (Å²) in [5.41, 5.74) is 2.46. The van der Waals surface area contributed by atoms with Gasteiger partial charge in [-0.15, -0.1) is 0 Å². The van der Waals surface area contributed by atoms with Gasteiger partial charge in [0.15, 0.2) is 5.78 Å². The smallest absolute Gasteiger partial charge is 0.159 e. The van der Waals surface area contributed by atoms with Crippen LogP contribution < -0.4 is 0 Å². The predicted octanol–water partition coefficient (Wildman–Crippen LogP) is 2.80. The first kappa shape index (κ1) is 8.49. The molecule has 1 atom stereocenters. The van der Waals surface area contributed by atoms with Crippen LogP contribution in [0.3, 0.4) is 0 Å². The SMILES string of the molecule is C/C=C1/C[C@@H](C2=CC=CC2)CC1=O. The molecule has 0 aromatic heterocycles. The molecule has 2 aliphatic rings. The van der Waals surface area contributed by atoms with Gasteiger partial charge >= 0.3 is 0 Å². The van der Waals surface area contributed by atoms with Gasteiger partial charge in [-0.3, -0.25) is 4.79 Å². The van der Waals surface area contributed by atoms with Crippen molar-refractivity contribution in [1.29, 1.82) is 0 Å². The lowest BCUT2D eigenvalue weighted by Gasteiger charge is -2.07. The highest BCUT2D eigenvalue weighted by Gasteiger charge is 2.28. The summed E-state index contributed by atoms with van der Waals surface area (Å²) in [4.78, 5) is 11.5. The zero-order valence-corrected chi connectivity index (χ0v) is 7.92. The van der Waals surface area contributed by atoms with E-state index in [1.54, 1.807) is 0 Å². The molecule has 2 rings (SSSR count). The Morgan fingerprint density at radius 1 is 1.46 bits per heavy atom. The number of hydrogen-bond donors (Lipinski definition) is 0. The van der Waals surface area contributed by atoms with Crippen LogP contribution in [0.15, 0.2) is 35.5 Å². The lowest BCUT2D eigenvalue weighted by molar-refractivity contribution is -0.114. The Hall–Kier alpha value is -1.11. The summed E-state index contributed by atoms with van der Waals surface area (Å²) in [7, 11) is 0. The molecule has 0 spiro atoms. The van der Waals surface area contributed by atoms with Crippen molar-refractivity contribution in [2.24, 2.45) is 5.92 Å². The highest BCUT2D eigenvalue weighted by atomic mass is 16.1. The number of hydrogen-bond acceptors (Lipinski definition) is 1. The van der Waals surface area contributed by atoms with Gasteiger partial charge in [-0.1, -0.05) is 29.9 Å². The fraction of sp³-hybridized carbons (Fsp3) is 0.417. The van der Waals surface area contributed by atoms with E-state index in [0.717, 1.165) is 24.8 Å². The van der Waals surface area contributed by atoms with Crippen molar-refractivity contribution < 1.29 is 4.79 Å². The van der Waals surface area contributed by atoms with E-state index in [1.165, 1.54) is 5.57 Å². The summed E-state index contributed by atoms with van der Waals surface area (Å²) in [5, 5.41) is 0. The van der Waals surface area contributed by atoms with E-state index >= 15 is 0 Å². The lowest BCUT2D eigenvalue weighted by Crippen LogP contribution is -1.97. The summed E-state index contributed by atoms with van der Waals surface area (Å²) < 4.78 is 0. The standard InChI is InChI=1S/C12H14O/c1-2-9-7-11(8-12(9)13)10-5-3-4-6-10/h2-5,11H,6-8H2,1H3/b9-2-/t11-/m1/s1. The van der Waals surface area contributed by atoms with Crippen molar-refractivity contribution in [3.8, 4) is 0 Å². The second kappa shape index (κ2) is 3.33. The monoisotopic (exact) mass is 174 g/mol. The summed E-state index contributed by atoms with van der Waals surface area (Å²) in [6.07, 6.45) is 11.1. The van der Waals surface area contributed by atoms with Crippen molar-refractivity contribution >= 4 is 5.78 Å². The molecule has 2 aliphatic carbocycles. The minimum Gasteiger partial charge on any atom is -0.295 e. The van der Waals surface area contributed by atoms with Gasteiger partial charge < -0.3 is 0 Å². The molecule has 1 fully saturated rings. The van der Waals surface area contributed by atoms with E-state index in [4.69, 9.17) is 0 Å². The van der Waals surface area contributed by atoms with Gasteiger partial charge in [-0.05, 0) is 31.3 Å². The Morgan fingerprint density at radius 2 is 2.31 bits per heavy atom. The minimum atomic E-state index is 0.348. The summed E-state index contributed by atoms with van der Waals surface area (Å²) in [6, 6.07) is 0. The van der Waals surface area contributed by atoms with Gasteiger partial charge in [0, 0.05) is 6.42 Å². The molecule has 0 heterocycles. The largest absolute Gasteiger partial charge is 0.295 e. The van der Waals surface area contributed by atoms with Crippen LogP contribution in [-0.4, -0.2) is 5.78 Å². The van der Waals surface area contributed by atoms with E-state index in [9.17, 15) is 4.79 Å². The second-order valence-electron chi connectivity index (χ2n) is 3.72. The summed E-state index contributed by atoms with van der Waals surface area (Å²) >= 11 is 0. The highest BCUT2D eigenvalue weighted by Crippen LogP contribution is 2.35. The fourth-order valence-corrected chi connectivity index (χ4v) is 2.11. The van der Waals surface area contributed by atoms with Crippen LogP contribution in [0.4, 0.5) is 0 Å². The van der Waals surface area contributed by atoms with Crippen molar-refractivity contribution in [2.75, 3.05) is 0 Å². The van der Waals surface area contributed by atoms with Crippen LogP contribution in [0.5, 0.6) is 0 Å². The predicted molar refractivity (Wildman–Crippen MR) is 53.3 cm³/mol. The molecule has 0 aliphatic heterocycles. The van der Waals surface area contributed by atoms with Gasteiger partial charge in [-0.25, -0.2) is 0 Å². The van der Waals surface area contributed by atoms with Crippen LogP contribution in [0.25, 0.3) is 0 Å². The third kappa shape index (κ3) is 1.51. The first-order chi connectivity index (χ1) is 6.31. The van der Waals surface area contributed by atoms with E-state index < -0.39 is 0 Å². The molecule has 1 heteroatoms. The van der Waals surface area contributed by atoms with Crippen molar-refractivity contribution in [3.63, 3.8) is 0 Å². The number of rotatable bonds is 1. The maximum Gasteiger partial charge on any atom is 0.159 e. The quantitative estimate of drug-likeness (QED) is 0.559. The Morgan fingerprint density at radius 3 is 2.85 bits per heavy atom. The van der Waals surface area contributed by atoms with Crippen LogP contribution >= 0.6 is 0 Å². The first-order valence-electron chi connectivity index (χ1n) is 4.85. The molecule has 0 N–H and O–H groups in total. The average molecular weight is 174 g/mol. The van der Waals surface area contributed by atoms with Gasteiger partial charge in [0.25, 0.3) is 0 Å². The molecule has 0 saturated heterocycles. The topological polar surface area (TPSA) is 17.1 Å². The van der Waals surface area contributed by atoms with Crippen LogP contribution in [0.2, 0.25) is 0 Å². The number of carbonyl (C=O) groups excluding carboxylic acids is 1. The Balaban J connectivity index is 2.10. The molecule has 0 unspecified atom stereocenters. The van der Waals surface area contributed by atoms with E-state index in [-0.39, 0.29) is 0 Å². The number of Topliss-reactive ketones (excluding diaryl/α,β-unsaturated/α-hetero) is 1.